The smallest absolute Gasteiger partial charge is 0.317 e. The fourth-order valence-corrected chi connectivity index (χ4v) is 1.58. The normalized spacial score (nSPS) is 14.6. The van der Waals surface area contributed by atoms with Gasteiger partial charge in [0.1, 0.15) is 0 Å². The second-order valence-electron chi connectivity index (χ2n) is 4.23. The van der Waals surface area contributed by atoms with Crippen LogP contribution in [-0.2, 0) is 9.59 Å². The third kappa shape index (κ3) is 4.18. The van der Waals surface area contributed by atoms with Crippen LogP contribution in [0.4, 0.5) is 0 Å². The van der Waals surface area contributed by atoms with Gasteiger partial charge in [0.25, 0.3) is 0 Å². The monoisotopic (exact) mass is 230 g/mol. The molecule has 16 heavy (non-hydrogen) atoms. The Kier molecular flexibility index (Phi) is 6.03. The van der Waals surface area contributed by atoms with Crippen LogP contribution in [0.15, 0.2) is 0 Å². The molecule has 0 aliphatic rings. The van der Waals surface area contributed by atoms with Crippen LogP contribution < -0.4 is 0 Å². The fourth-order valence-electron chi connectivity index (χ4n) is 1.58. The molecule has 0 aliphatic carbocycles. The number of nitrogens with zero attached hydrogens (tertiary/aromatic N) is 2. The standard InChI is InChI=1S/C11H22N2O3/c1-6-8(2)13(7-10(14)15)9(3)11(16)12(4)5/h8-9H,6-7H2,1-5H3,(H,14,15). The van der Waals surface area contributed by atoms with Crippen LogP contribution in [0.2, 0.25) is 0 Å². The Balaban J connectivity index is 4.74. The molecule has 0 fully saturated rings. The predicted molar refractivity (Wildman–Crippen MR) is 62.3 cm³/mol. The lowest BCUT2D eigenvalue weighted by Crippen LogP contribution is -2.50. The molecule has 2 unspecified atom stereocenters. The van der Waals surface area contributed by atoms with Crippen LogP contribution >= 0.6 is 0 Å². The second-order valence-corrected chi connectivity index (χ2v) is 4.23. The first kappa shape index (κ1) is 14.9. The molecule has 0 rings (SSSR count). The number of rotatable bonds is 6. The first-order valence-electron chi connectivity index (χ1n) is 5.49. The summed E-state index contributed by atoms with van der Waals surface area (Å²) in [7, 11) is 3.35. The largest absolute Gasteiger partial charge is 0.480 e. The van der Waals surface area contributed by atoms with Gasteiger partial charge in [0.2, 0.25) is 5.91 Å². The average Bonchev–Trinajstić information content (AvgIpc) is 2.22. The van der Waals surface area contributed by atoms with E-state index in [9.17, 15) is 9.59 Å². The molecule has 0 bridgehead atoms. The summed E-state index contributed by atoms with van der Waals surface area (Å²) in [5, 5.41) is 8.83. The van der Waals surface area contributed by atoms with Crippen molar-refractivity contribution in [3.05, 3.63) is 0 Å². The average molecular weight is 230 g/mol. The van der Waals surface area contributed by atoms with Gasteiger partial charge in [0.15, 0.2) is 0 Å². The first-order valence-corrected chi connectivity index (χ1v) is 5.49. The number of carboxylic acid groups (broad SMARTS) is 1. The minimum Gasteiger partial charge on any atom is -0.480 e. The van der Waals surface area contributed by atoms with Crippen molar-refractivity contribution in [2.24, 2.45) is 0 Å². The van der Waals surface area contributed by atoms with Crippen LogP contribution in [0, 0.1) is 0 Å². The maximum atomic E-state index is 11.8. The van der Waals surface area contributed by atoms with E-state index in [4.69, 9.17) is 5.11 Å². The van der Waals surface area contributed by atoms with Gasteiger partial charge >= 0.3 is 5.97 Å². The van der Waals surface area contributed by atoms with Gasteiger partial charge in [-0.25, -0.2) is 0 Å². The number of hydrogen-bond acceptors (Lipinski definition) is 3. The predicted octanol–water partition coefficient (Wildman–Crippen LogP) is 0.648. The summed E-state index contributed by atoms with van der Waals surface area (Å²) in [6.45, 7) is 5.56. The molecule has 2 atom stereocenters. The Bertz CT molecular complexity index is 254. The number of carboxylic acids is 1. The van der Waals surface area contributed by atoms with E-state index in [1.807, 2.05) is 13.8 Å². The van der Waals surface area contributed by atoms with E-state index in [1.54, 1.807) is 25.9 Å². The molecular formula is C11H22N2O3. The van der Waals surface area contributed by atoms with Crippen molar-refractivity contribution in [1.29, 1.82) is 0 Å². The maximum Gasteiger partial charge on any atom is 0.317 e. The van der Waals surface area contributed by atoms with Gasteiger partial charge in [-0.15, -0.1) is 0 Å². The van der Waals surface area contributed by atoms with Crippen molar-refractivity contribution >= 4 is 11.9 Å². The van der Waals surface area contributed by atoms with Crippen molar-refractivity contribution < 1.29 is 14.7 Å². The molecule has 1 amide bonds. The van der Waals surface area contributed by atoms with E-state index in [2.05, 4.69) is 0 Å². The van der Waals surface area contributed by atoms with E-state index < -0.39 is 12.0 Å². The number of likely N-dealkylation sites (N-methyl/N-ethyl adjacent to an activating group) is 1. The molecule has 94 valence electrons. The summed E-state index contributed by atoms with van der Waals surface area (Å²) in [6, 6.07) is -0.323. The third-order valence-corrected chi connectivity index (χ3v) is 2.77. The first-order chi connectivity index (χ1) is 7.31. The highest BCUT2D eigenvalue weighted by Gasteiger charge is 2.27. The van der Waals surface area contributed by atoms with Crippen molar-refractivity contribution in [1.82, 2.24) is 9.80 Å². The molecule has 0 saturated carbocycles. The molecule has 1 N–H and O–H groups in total. The van der Waals surface area contributed by atoms with E-state index in [0.717, 1.165) is 6.42 Å². The number of amides is 1. The van der Waals surface area contributed by atoms with Gasteiger partial charge in [-0.1, -0.05) is 6.92 Å². The summed E-state index contributed by atoms with van der Waals surface area (Å²) in [6.07, 6.45) is 0.818. The summed E-state index contributed by atoms with van der Waals surface area (Å²) >= 11 is 0. The van der Waals surface area contributed by atoms with Crippen molar-refractivity contribution in [2.75, 3.05) is 20.6 Å². The molecule has 0 radical (unpaired) electrons. The molecule has 0 aromatic heterocycles. The Morgan fingerprint density at radius 2 is 1.75 bits per heavy atom. The van der Waals surface area contributed by atoms with Gasteiger partial charge in [-0.3, -0.25) is 14.5 Å². The zero-order chi connectivity index (χ0) is 12.9. The van der Waals surface area contributed by atoms with E-state index >= 15 is 0 Å². The van der Waals surface area contributed by atoms with Gasteiger partial charge in [-0.05, 0) is 20.3 Å². The van der Waals surface area contributed by atoms with Gasteiger partial charge in [0, 0.05) is 20.1 Å². The van der Waals surface area contributed by atoms with Gasteiger partial charge < -0.3 is 10.0 Å². The fraction of sp³-hybridized carbons (Fsp3) is 0.818. The van der Waals surface area contributed by atoms with Crippen LogP contribution in [0.3, 0.4) is 0 Å². The molecule has 0 aliphatic heterocycles. The quantitative estimate of drug-likeness (QED) is 0.727. The minimum absolute atomic E-state index is 0.0680. The Labute approximate surface area is 97.0 Å². The summed E-state index contributed by atoms with van der Waals surface area (Å²) in [5.41, 5.74) is 0. The lowest BCUT2D eigenvalue weighted by atomic mass is 10.1. The molecule has 0 aromatic rings. The number of aliphatic carboxylic acids is 1. The summed E-state index contributed by atoms with van der Waals surface area (Å²) < 4.78 is 0. The highest BCUT2D eigenvalue weighted by atomic mass is 16.4. The van der Waals surface area contributed by atoms with Crippen molar-refractivity contribution in [3.63, 3.8) is 0 Å². The maximum absolute atomic E-state index is 11.8. The van der Waals surface area contributed by atoms with E-state index in [1.165, 1.54) is 4.90 Å². The lowest BCUT2D eigenvalue weighted by molar-refractivity contribution is -0.142. The topological polar surface area (TPSA) is 60.9 Å². The zero-order valence-corrected chi connectivity index (χ0v) is 10.7. The third-order valence-electron chi connectivity index (χ3n) is 2.77. The van der Waals surface area contributed by atoms with Crippen LogP contribution in [-0.4, -0.2) is 59.5 Å². The second kappa shape index (κ2) is 6.48. The summed E-state index contributed by atoms with van der Waals surface area (Å²) in [5.74, 6) is -0.972. The number of carbonyl (C=O) groups is 2. The summed E-state index contributed by atoms with van der Waals surface area (Å²) in [4.78, 5) is 25.7. The Morgan fingerprint density at radius 3 is 2.06 bits per heavy atom. The Morgan fingerprint density at radius 1 is 1.25 bits per heavy atom. The Hall–Kier alpha value is -1.10. The molecule has 5 nitrogen and oxygen atoms in total. The number of hydrogen-bond donors (Lipinski definition) is 1. The van der Waals surface area contributed by atoms with Crippen LogP contribution in [0.5, 0.6) is 0 Å². The number of carbonyl (C=O) groups excluding carboxylic acids is 1. The molecule has 0 heterocycles. The molecular weight excluding hydrogens is 208 g/mol. The van der Waals surface area contributed by atoms with E-state index in [0.29, 0.717) is 0 Å². The highest BCUT2D eigenvalue weighted by molar-refractivity contribution is 5.81. The van der Waals surface area contributed by atoms with Crippen LogP contribution in [0.1, 0.15) is 27.2 Å². The SMILES string of the molecule is CCC(C)N(CC(=O)O)C(C)C(=O)N(C)C. The van der Waals surface area contributed by atoms with Crippen LogP contribution in [0.25, 0.3) is 0 Å². The zero-order valence-electron chi connectivity index (χ0n) is 10.7. The van der Waals surface area contributed by atoms with E-state index in [-0.39, 0.29) is 18.5 Å². The van der Waals surface area contributed by atoms with Crippen molar-refractivity contribution in [2.45, 2.75) is 39.3 Å². The van der Waals surface area contributed by atoms with Crippen molar-refractivity contribution in [3.8, 4) is 0 Å². The minimum atomic E-state index is -0.904. The van der Waals surface area contributed by atoms with Gasteiger partial charge in [0.05, 0.1) is 12.6 Å². The molecule has 0 spiro atoms. The lowest BCUT2D eigenvalue weighted by Gasteiger charge is -2.33. The van der Waals surface area contributed by atoms with Gasteiger partial charge in [-0.2, -0.15) is 0 Å². The molecule has 5 heteroatoms. The molecule has 0 aromatic carbocycles. The highest BCUT2D eigenvalue weighted by Crippen LogP contribution is 2.10. The molecule has 0 saturated heterocycles.